The van der Waals surface area contributed by atoms with Gasteiger partial charge in [-0.05, 0) is 11.1 Å². The zero-order valence-corrected chi connectivity index (χ0v) is 15.4. The zero-order chi connectivity index (χ0) is 13.9. The Morgan fingerprint density at radius 3 is 2.00 bits per heavy atom. The van der Waals surface area contributed by atoms with Crippen molar-refractivity contribution in [1.29, 1.82) is 0 Å². The van der Waals surface area contributed by atoms with Gasteiger partial charge in [0.05, 0.1) is 0 Å². The summed E-state index contributed by atoms with van der Waals surface area (Å²) >= 11 is 0. The van der Waals surface area contributed by atoms with Gasteiger partial charge in [-0.2, -0.15) is 4.57 Å². The Morgan fingerprint density at radius 2 is 1.57 bits per heavy atom. The molecule has 1 unspecified atom stereocenters. The van der Waals surface area contributed by atoms with Crippen LogP contribution in [-0.2, 0) is 4.57 Å². The minimum atomic E-state index is -4.13. The maximum absolute atomic E-state index is 11.4. The lowest BCUT2D eigenvalue weighted by Gasteiger charge is -2.11. The molecular formula is C13H17Br2N2O3P. The normalized spacial score (nSPS) is 12.0. The predicted octanol–water partition coefficient (Wildman–Crippen LogP) is -4.45. The highest BCUT2D eigenvalue weighted by molar-refractivity contribution is 7.51. The molecule has 0 radical (unpaired) electrons. The van der Waals surface area contributed by atoms with E-state index in [1.54, 1.807) is 23.9 Å². The highest BCUT2D eigenvalue weighted by Crippen LogP contribution is 2.47. The van der Waals surface area contributed by atoms with Gasteiger partial charge in [-0.15, -0.1) is 0 Å². The second kappa shape index (κ2) is 8.76. The van der Waals surface area contributed by atoms with Crippen LogP contribution in [0.25, 0.3) is 11.1 Å². The van der Waals surface area contributed by atoms with Crippen LogP contribution < -0.4 is 43.5 Å². The Bertz CT molecular complexity index is 590. The molecule has 2 rings (SSSR count). The summed E-state index contributed by atoms with van der Waals surface area (Å²) in [5.74, 6) is -0.800. The molecule has 3 N–H and O–H groups in total. The minimum absolute atomic E-state index is 0. The first kappa shape index (κ1) is 20.4. The maximum atomic E-state index is 11.4. The fourth-order valence-corrected chi connectivity index (χ4v) is 3.01. The van der Waals surface area contributed by atoms with Crippen LogP contribution in [-0.4, -0.2) is 9.79 Å². The summed E-state index contributed by atoms with van der Waals surface area (Å²) in [6.07, 6.45) is 7.47. The van der Waals surface area contributed by atoms with Crippen molar-refractivity contribution in [2.24, 2.45) is 0 Å². The fraction of sp³-hybridized carbons (Fsp3) is 0.231. The lowest BCUT2D eigenvalue weighted by atomic mass is 10.1. The van der Waals surface area contributed by atoms with E-state index in [2.05, 4.69) is 4.98 Å². The van der Waals surface area contributed by atoms with Crippen molar-refractivity contribution in [2.45, 2.75) is 19.1 Å². The first-order chi connectivity index (χ1) is 9.02. The topological polar surface area (TPSA) is 75.6 Å². The first-order valence-corrected chi connectivity index (χ1v) is 7.73. The van der Waals surface area contributed by atoms with Gasteiger partial charge in [0.15, 0.2) is 24.8 Å². The van der Waals surface area contributed by atoms with Crippen molar-refractivity contribution in [3.05, 3.63) is 49.1 Å². The smallest absolute Gasteiger partial charge is 0.393 e. The molecule has 21 heavy (non-hydrogen) atoms. The van der Waals surface area contributed by atoms with Gasteiger partial charge in [-0.1, -0.05) is 6.92 Å². The van der Waals surface area contributed by atoms with E-state index in [0.29, 0.717) is 6.42 Å². The van der Waals surface area contributed by atoms with Gasteiger partial charge in [0, 0.05) is 30.7 Å². The van der Waals surface area contributed by atoms with E-state index < -0.39 is 13.4 Å². The maximum Gasteiger partial charge on any atom is 0.393 e. The van der Waals surface area contributed by atoms with Crippen LogP contribution >= 0.6 is 7.60 Å². The number of hydrogen-bond acceptors (Lipinski definition) is 1. The Hall–Kier alpha value is -0.590. The highest BCUT2D eigenvalue weighted by atomic mass is 79.9. The van der Waals surface area contributed by atoms with Gasteiger partial charge >= 0.3 is 7.60 Å². The number of H-pyrrole nitrogens is 1. The van der Waals surface area contributed by atoms with Gasteiger partial charge in [0.2, 0.25) is 0 Å². The summed E-state index contributed by atoms with van der Waals surface area (Å²) in [5, 5.41) is 0. The molecule has 116 valence electrons. The average Bonchev–Trinajstić information content (AvgIpc) is 2.40. The number of aromatic amines is 1. The molecule has 0 aliphatic carbocycles. The minimum Gasteiger partial charge on any atom is -1.00 e. The number of nitrogens with zero attached hydrogens (tertiary/aromatic N) is 1. The summed E-state index contributed by atoms with van der Waals surface area (Å²) in [4.78, 5) is 21.6. The molecule has 0 fully saturated rings. The summed E-state index contributed by atoms with van der Waals surface area (Å²) in [5.41, 5.74) is 2.06. The highest BCUT2D eigenvalue weighted by Gasteiger charge is 2.35. The van der Waals surface area contributed by atoms with Crippen molar-refractivity contribution in [2.75, 3.05) is 0 Å². The van der Waals surface area contributed by atoms with Gasteiger partial charge in [-0.25, -0.2) is 4.98 Å². The van der Waals surface area contributed by atoms with Crippen molar-refractivity contribution < 1.29 is 57.9 Å². The third-order valence-electron chi connectivity index (χ3n) is 3.00. The van der Waals surface area contributed by atoms with Crippen LogP contribution in [0.5, 0.6) is 0 Å². The van der Waals surface area contributed by atoms with Crippen molar-refractivity contribution in [3.8, 4) is 11.1 Å². The Balaban J connectivity index is 0.00000200. The number of pyridine rings is 2. The second-order valence-corrected chi connectivity index (χ2v) is 6.07. The Morgan fingerprint density at radius 1 is 1.10 bits per heavy atom. The van der Waals surface area contributed by atoms with Crippen LogP contribution in [0, 0.1) is 0 Å². The van der Waals surface area contributed by atoms with Gasteiger partial charge in [0.1, 0.15) is 0 Å². The molecule has 0 saturated carbocycles. The van der Waals surface area contributed by atoms with E-state index in [9.17, 15) is 14.4 Å². The molecule has 0 aromatic carbocycles. The van der Waals surface area contributed by atoms with E-state index in [1.165, 1.54) is 0 Å². The van der Waals surface area contributed by atoms with Crippen molar-refractivity contribution >= 4 is 7.60 Å². The molecule has 2 heterocycles. The Kier molecular flexibility index (Phi) is 8.51. The molecule has 5 nitrogen and oxygen atoms in total. The molecule has 0 amide bonds. The molecule has 0 spiro atoms. The number of rotatable bonds is 4. The van der Waals surface area contributed by atoms with E-state index in [-0.39, 0.29) is 34.0 Å². The number of nitrogens with one attached hydrogen (secondary N) is 1. The molecule has 2 aromatic heterocycles. The molecule has 2 aromatic rings. The van der Waals surface area contributed by atoms with Crippen LogP contribution in [0.1, 0.15) is 19.1 Å². The van der Waals surface area contributed by atoms with E-state index >= 15 is 0 Å². The van der Waals surface area contributed by atoms with Crippen LogP contribution in [0.2, 0.25) is 0 Å². The van der Waals surface area contributed by atoms with Crippen LogP contribution in [0.15, 0.2) is 49.1 Å². The molecular weight excluding hydrogens is 423 g/mol. The second-order valence-electron chi connectivity index (χ2n) is 4.30. The third-order valence-corrected chi connectivity index (χ3v) is 4.41. The molecule has 1 atom stereocenters. The molecule has 0 saturated heterocycles. The van der Waals surface area contributed by atoms with Gasteiger partial charge in [0.25, 0.3) is 5.78 Å². The van der Waals surface area contributed by atoms with Crippen LogP contribution in [0.4, 0.5) is 0 Å². The lowest BCUT2D eigenvalue weighted by molar-refractivity contribution is -0.704. The first-order valence-electron chi connectivity index (χ1n) is 6.05. The fourth-order valence-electron chi connectivity index (χ4n) is 2.03. The van der Waals surface area contributed by atoms with Crippen molar-refractivity contribution in [3.63, 3.8) is 0 Å². The summed E-state index contributed by atoms with van der Waals surface area (Å²) in [7, 11) is -4.13. The molecule has 0 aliphatic rings. The standard InChI is InChI=1S/C13H15N2O3P.2BrH/c1-2-13(19(16,17)18)15-9-5-12(6-10-15)11-3-7-14-8-4-11;;/h3-10,13H,2H2,1H3,(H-,16,17,18);2*1H. The van der Waals surface area contributed by atoms with Gasteiger partial charge in [-0.3, -0.25) is 4.57 Å². The largest absolute Gasteiger partial charge is 1.00 e. The summed E-state index contributed by atoms with van der Waals surface area (Å²) in [6.45, 7) is 1.76. The van der Waals surface area contributed by atoms with E-state index in [1.807, 2.05) is 36.7 Å². The molecule has 8 heteroatoms. The van der Waals surface area contributed by atoms with Gasteiger partial charge < -0.3 is 43.7 Å². The molecule has 0 bridgehead atoms. The zero-order valence-electron chi connectivity index (χ0n) is 11.4. The van der Waals surface area contributed by atoms with Crippen LogP contribution in [0.3, 0.4) is 0 Å². The number of hydrogen-bond donors (Lipinski definition) is 2. The third kappa shape index (κ3) is 5.27. The Labute approximate surface area is 144 Å². The lowest BCUT2D eigenvalue weighted by Crippen LogP contribution is -3.00. The quantitative estimate of drug-likeness (QED) is 0.373. The monoisotopic (exact) mass is 438 g/mol. The molecule has 0 aliphatic heterocycles. The van der Waals surface area contributed by atoms with E-state index in [4.69, 9.17) is 0 Å². The average molecular weight is 440 g/mol. The number of aromatic nitrogens is 2. The predicted molar refractivity (Wildman–Crippen MR) is 70.0 cm³/mol. The summed E-state index contributed by atoms with van der Waals surface area (Å²) < 4.78 is 13.0. The SMILES string of the molecule is CCC([n+]1ccc(-c2cc[nH+]cc2)cc1)P(=O)(O)O.[Br-].[Br-]. The number of halogens is 2. The van der Waals surface area contributed by atoms with Crippen molar-refractivity contribution in [1.82, 2.24) is 0 Å². The summed E-state index contributed by atoms with van der Waals surface area (Å²) in [6, 6.07) is 7.60. The van der Waals surface area contributed by atoms with E-state index in [0.717, 1.165) is 11.1 Å².